The summed E-state index contributed by atoms with van der Waals surface area (Å²) in [6, 6.07) is 0. The first-order chi connectivity index (χ1) is 10.4. The van der Waals surface area contributed by atoms with Crippen LogP contribution in [0.25, 0.3) is 0 Å². The molecule has 0 aromatic carbocycles. The van der Waals surface area contributed by atoms with Crippen LogP contribution in [0.4, 0.5) is 0 Å². The summed E-state index contributed by atoms with van der Waals surface area (Å²) >= 11 is 1.67. The Morgan fingerprint density at radius 1 is 1.27 bits per heavy atom. The first kappa shape index (κ1) is 18.9. The number of aliphatic imine (C=N–C) groups is 1. The van der Waals surface area contributed by atoms with Gasteiger partial charge in [-0.05, 0) is 27.2 Å². The van der Waals surface area contributed by atoms with Crippen LogP contribution in [-0.4, -0.2) is 45.3 Å². The van der Waals surface area contributed by atoms with Crippen molar-refractivity contribution in [1.29, 1.82) is 0 Å². The number of hydrogen-bond acceptors (Lipinski definition) is 5. The molecule has 126 valence electrons. The molecule has 0 saturated heterocycles. The van der Waals surface area contributed by atoms with Gasteiger partial charge in [-0.2, -0.15) is 0 Å². The van der Waals surface area contributed by atoms with Crippen molar-refractivity contribution < 1.29 is 8.42 Å². The first-order valence-corrected chi connectivity index (χ1v) is 9.69. The van der Waals surface area contributed by atoms with Crippen LogP contribution in [0.5, 0.6) is 0 Å². The molecule has 22 heavy (non-hydrogen) atoms. The number of aryl methyl sites for hydroxylation is 2. The SMILES string of the molecule is CCS(=O)(=O)NCCCNC(=NC)NCc1sc(C)nc1C. The average molecular weight is 348 g/mol. The fraction of sp³-hybridized carbons (Fsp3) is 0.692. The Labute approximate surface area is 136 Å². The van der Waals surface area contributed by atoms with E-state index in [0.29, 0.717) is 32.0 Å². The largest absolute Gasteiger partial charge is 0.356 e. The highest BCUT2D eigenvalue weighted by Crippen LogP contribution is 2.16. The summed E-state index contributed by atoms with van der Waals surface area (Å²) in [6.07, 6.45) is 0.693. The molecule has 0 aliphatic rings. The Kier molecular flexibility index (Phi) is 7.77. The van der Waals surface area contributed by atoms with E-state index in [1.54, 1.807) is 25.3 Å². The normalized spacial score (nSPS) is 12.5. The molecule has 0 aliphatic heterocycles. The molecule has 0 amide bonds. The Morgan fingerprint density at radius 3 is 2.55 bits per heavy atom. The lowest BCUT2D eigenvalue weighted by Gasteiger charge is -2.11. The van der Waals surface area contributed by atoms with Gasteiger partial charge in [0.2, 0.25) is 10.0 Å². The number of thiazole rings is 1. The number of nitrogens with one attached hydrogen (secondary N) is 3. The summed E-state index contributed by atoms with van der Waals surface area (Å²) in [5, 5.41) is 7.44. The number of nitrogens with zero attached hydrogens (tertiary/aromatic N) is 2. The minimum atomic E-state index is -3.10. The van der Waals surface area contributed by atoms with E-state index in [1.807, 2.05) is 13.8 Å². The van der Waals surface area contributed by atoms with Crippen molar-refractivity contribution in [3.05, 3.63) is 15.6 Å². The van der Waals surface area contributed by atoms with Gasteiger partial charge in [0, 0.05) is 25.0 Å². The molecule has 3 N–H and O–H groups in total. The molecule has 0 bridgehead atoms. The monoisotopic (exact) mass is 347 g/mol. The maximum atomic E-state index is 11.3. The van der Waals surface area contributed by atoms with Crippen LogP contribution in [0, 0.1) is 13.8 Å². The fourth-order valence-electron chi connectivity index (χ4n) is 1.75. The fourth-order valence-corrected chi connectivity index (χ4v) is 3.28. The van der Waals surface area contributed by atoms with Gasteiger partial charge in [0.05, 0.1) is 23.0 Å². The molecule has 0 saturated carbocycles. The first-order valence-electron chi connectivity index (χ1n) is 7.22. The van der Waals surface area contributed by atoms with E-state index in [1.165, 1.54) is 4.88 Å². The van der Waals surface area contributed by atoms with Gasteiger partial charge in [-0.25, -0.2) is 18.1 Å². The summed E-state index contributed by atoms with van der Waals surface area (Å²) < 4.78 is 25.1. The van der Waals surface area contributed by atoms with Crippen LogP contribution in [0.2, 0.25) is 0 Å². The van der Waals surface area contributed by atoms with Gasteiger partial charge in [0.25, 0.3) is 0 Å². The summed E-state index contributed by atoms with van der Waals surface area (Å²) in [6.45, 7) is 7.36. The predicted octanol–water partition coefficient (Wildman–Crippen LogP) is 0.754. The maximum Gasteiger partial charge on any atom is 0.211 e. The second-order valence-corrected chi connectivity index (χ2v) is 8.13. The third-order valence-electron chi connectivity index (χ3n) is 2.99. The number of hydrogen-bond donors (Lipinski definition) is 3. The molecule has 1 aromatic heterocycles. The van der Waals surface area contributed by atoms with E-state index in [-0.39, 0.29) is 5.75 Å². The second kappa shape index (κ2) is 9.06. The quantitative estimate of drug-likeness (QED) is 0.366. The summed E-state index contributed by atoms with van der Waals surface area (Å²) in [5.41, 5.74) is 1.04. The van der Waals surface area contributed by atoms with E-state index in [2.05, 4.69) is 25.3 Å². The molecule has 0 aliphatic carbocycles. The Hall–Kier alpha value is -1.19. The molecule has 0 spiro atoms. The van der Waals surface area contributed by atoms with Crippen molar-refractivity contribution in [1.82, 2.24) is 20.3 Å². The molecule has 1 aromatic rings. The lowest BCUT2D eigenvalue weighted by molar-refractivity contribution is 0.579. The van der Waals surface area contributed by atoms with Crippen LogP contribution < -0.4 is 15.4 Å². The number of aromatic nitrogens is 1. The zero-order valence-electron chi connectivity index (χ0n) is 13.6. The summed E-state index contributed by atoms with van der Waals surface area (Å²) in [7, 11) is -1.40. The summed E-state index contributed by atoms with van der Waals surface area (Å²) in [4.78, 5) is 9.72. The van der Waals surface area contributed by atoms with Crippen molar-refractivity contribution >= 4 is 27.3 Å². The van der Waals surface area contributed by atoms with E-state index >= 15 is 0 Å². The highest BCUT2D eigenvalue weighted by atomic mass is 32.2. The molecule has 7 nitrogen and oxygen atoms in total. The van der Waals surface area contributed by atoms with Crippen LogP contribution >= 0.6 is 11.3 Å². The average Bonchev–Trinajstić information content (AvgIpc) is 2.80. The maximum absolute atomic E-state index is 11.3. The molecule has 1 heterocycles. The van der Waals surface area contributed by atoms with Crippen LogP contribution in [0.15, 0.2) is 4.99 Å². The van der Waals surface area contributed by atoms with Gasteiger partial charge in [0.15, 0.2) is 5.96 Å². The molecule has 0 unspecified atom stereocenters. The van der Waals surface area contributed by atoms with E-state index in [9.17, 15) is 8.42 Å². The van der Waals surface area contributed by atoms with Crippen LogP contribution in [0.1, 0.15) is 28.9 Å². The standard InChI is InChI=1S/C13H25N5O2S2/c1-5-22(19,20)17-8-6-7-15-13(14-4)16-9-12-10(2)18-11(3)21-12/h17H,5-9H2,1-4H3,(H2,14,15,16). The van der Waals surface area contributed by atoms with Crippen molar-refractivity contribution in [3.8, 4) is 0 Å². The van der Waals surface area contributed by atoms with E-state index in [0.717, 1.165) is 10.7 Å². The Morgan fingerprint density at radius 2 is 2.00 bits per heavy atom. The Bertz CT molecular complexity index is 596. The number of guanidine groups is 1. The second-order valence-electron chi connectivity index (χ2n) is 4.75. The van der Waals surface area contributed by atoms with Crippen molar-refractivity contribution in [2.45, 2.75) is 33.7 Å². The third kappa shape index (κ3) is 6.71. The zero-order valence-corrected chi connectivity index (χ0v) is 15.2. The number of rotatable bonds is 8. The van der Waals surface area contributed by atoms with Gasteiger partial charge < -0.3 is 10.6 Å². The highest BCUT2D eigenvalue weighted by molar-refractivity contribution is 7.89. The molecule has 0 fully saturated rings. The van der Waals surface area contributed by atoms with Crippen LogP contribution in [0.3, 0.4) is 0 Å². The van der Waals surface area contributed by atoms with Gasteiger partial charge >= 0.3 is 0 Å². The minimum absolute atomic E-state index is 0.108. The smallest absolute Gasteiger partial charge is 0.211 e. The van der Waals surface area contributed by atoms with Crippen molar-refractivity contribution in [3.63, 3.8) is 0 Å². The van der Waals surface area contributed by atoms with Crippen molar-refractivity contribution in [2.24, 2.45) is 4.99 Å². The molecule has 0 radical (unpaired) electrons. The molecular formula is C13H25N5O2S2. The van der Waals surface area contributed by atoms with Gasteiger partial charge in [-0.15, -0.1) is 11.3 Å². The van der Waals surface area contributed by atoms with Gasteiger partial charge in [0.1, 0.15) is 0 Å². The van der Waals surface area contributed by atoms with E-state index < -0.39 is 10.0 Å². The molecular weight excluding hydrogens is 322 g/mol. The van der Waals surface area contributed by atoms with Crippen molar-refractivity contribution in [2.75, 3.05) is 25.9 Å². The third-order valence-corrected chi connectivity index (χ3v) is 5.46. The highest BCUT2D eigenvalue weighted by Gasteiger charge is 2.06. The van der Waals surface area contributed by atoms with Crippen LogP contribution in [-0.2, 0) is 16.6 Å². The topological polar surface area (TPSA) is 95.5 Å². The number of sulfonamides is 1. The summed E-state index contributed by atoms with van der Waals surface area (Å²) in [5.74, 6) is 0.806. The predicted molar refractivity (Wildman–Crippen MR) is 91.9 cm³/mol. The molecule has 0 atom stereocenters. The lowest BCUT2D eigenvalue weighted by atomic mass is 10.4. The lowest BCUT2D eigenvalue weighted by Crippen LogP contribution is -2.38. The molecule has 9 heteroatoms. The zero-order chi connectivity index (χ0) is 16.6. The minimum Gasteiger partial charge on any atom is -0.356 e. The van der Waals surface area contributed by atoms with Gasteiger partial charge in [-0.3, -0.25) is 4.99 Å². The molecule has 1 rings (SSSR count). The van der Waals surface area contributed by atoms with Gasteiger partial charge in [-0.1, -0.05) is 0 Å². The Balaban J connectivity index is 2.27. The van der Waals surface area contributed by atoms with E-state index in [4.69, 9.17) is 0 Å².